The zero-order valence-corrected chi connectivity index (χ0v) is 13.1. The van der Waals surface area contributed by atoms with E-state index in [4.69, 9.17) is 5.11 Å². The van der Waals surface area contributed by atoms with Crippen molar-refractivity contribution in [2.45, 2.75) is 6.42 Å². The highest BCUT2D eigenvalue weighted by molar-refractivity contribution is 7.99. The maximum atomic E-state index is 12.9. The molecule has 8 heteroatoms. The smallest absolute Gasteiger partial charge is 0.313 e. The third-order valence-corrected chi connectivity index (χ3v) is 4.38. The molecule has 0 aromatic heterocycles. The van der Waals surface area contributed by atoms with Crippen LogP contribution in [0.25, 0.3) is 0 Å². The molecule has 0 saturated carbocycles. The summed E-state index contributed by atoms with van der Waals surface area (Å²) in [6.45, 7) is 0.730. The molecule has 0 bridgehead atoms. The van der Waals surface area contributed by atoms with Gasteiger partial charge in [-0.2, -0.15) is 0 Å². The number of benzene rings is 1. The molecule has 0 radical (unpaired) electrons. The zero-order valence-electron chi connectivity index (χ0n) is 12.3. The minimum Gasteiger partial charge on any atom is -0.481 e. The van der Waals surface area contributed by atoms with Crippen LogP contribution < -0.4 is 10.2 Å². The number of thioether (sulfide) groups is 1. The van der Waals surface area contributed by atoms with Gasteiger partial charge in [0.15, 0.2) is 0 Å². The van der Waals surface area contributed by atoms with Crippen molar-refractivity contribution in [3.05, 3.63) is 30.1 Å². The minimum atomic E-state index is -0.901. The number of nitrogens with one attached hydrogen (secondary N) is 1. The van der Waals surface area contributed by atoms with E-state index in [1.807, 2.05) is 0 Å². The molecule has 0 spiro atoms. The summed E-state index contributed by atoms with van der Waals surface area (Å²) in [7, 11) is 0. The Morgan fingerprint density at radius 1 is 1.35 bits per heavy atom. The maximum Gasteiger partial charge on any atom is 0.313 e. The molecular weight excluding hydrogens is 323 g/mol. The van der Waals surface area contributed by atoms with Gasteiger partial charge in [-0.15, -0.1) is 11.8 Å². The SMILES string of the molecule is O=C(O)CSCCNC(=O)C1CCN(c2ccc(F)cc2)C1=O. The van der Waals surface area contributed by atoms with Crippen LogP contribution >= 0.6 is 11.8 Å². The molecule has 124 valence electrons. The van der Waals surface area contributed by atoms with Gasteiger partial charge < -0.3 is 15.3 Å². The fourth-order valence-electron chi connectivity index (χ4n) is 2.33. The second-order valence-corrected chi connectivity index (χ2v) is 6.15. The highest BCUT2D eigenvalue weighted by atomic mass is 32.2. The average molecular weight is 340 g/mol. The lowest BCUT2D eigenvalue weighted by Crippen LogP contribution is -2.37. The number of carbonyl (C=O) groups excluding carboxylic acids is 2. The number of halogens is 1. The maximum absolute atomic E-state index is 12.9. The molecule has 2 rings (SSSR count). The Hall–Kier alpha value is -2.09. The summed E-state index contributed by atoms with van der Waals surface area (Å²) in [5, 5.41) is 11.2. The number of rotatable bonds is 7. The molecule has 6 nitrogen and oxygen atoms in total. The van der Waals surface area contributed by atoms with Crippen molar-refractivity contribution in [2.75, 3.05) is 29.5 Å². The molecule has 1 fully saturated rings. The zero-order chi connectivity index (χ0) is 16.8. The quantitative estimate of drug-likeness (QED) is 0.574. The second-order valence-electron chi connectivity index (χ2n) is 5.04. The monoisotopic (exact) mass is 340 g/mol. The van der Waals surface area contributed by atoms with E-state index in [2.05, 4.69) is 5.32 Å². The van der Waals surface area contributed by atoms with Crippen LogP contribution in [0.5, 0.6) is 0 Å². The van der Waals surface area contributed by atoms with Crippen molar-refractivity contribution in [3.8, 4) is 0 Å². The largest absolute Gasteiger partial charge is 0.481 e. The summed E-state index contributed by atoms with van der Waals surface area (Å²) in [4.78, 5) is 36.2. The fraction of sp³-hybridized carbons (Fsp3) is 0.400. The highest BCUT2D eigenvalue weighted by Crippen LogP contribution is 2.25. The number of carboxylic acids is 1. The third-order valence-electron chi connectivity index (χ3n) is 3.43. The first kappa shape index (κ1) is 17.3. The van der Waals surface area contributed by atoms with Gasteiger partial charge >= 0.3 is 5.97 Å². The van der Waals surface area contributed by atoms with Gasteiger partial charge in [0, 0.05) is 24.5 Å². The molecular formula is C15H17FN2O4S. The normalized spacial score (nSPS) is 17.3. The van der Waals surface area contributed by atoms with Crippen molar-refractivity contribution in [1.82, 2.24) is 5.32 Å². The molecule has 1 aromatic carbocycles. The Bertz CT molecular complexity index is 594. The van der Waals surface area contributed by atoms with E-state index in [0.717, 1.165) is 0 Å². The van der Waals surface area contributed by atoms with Crippen molar-refractivity contribution in [1.29, 1.82) is 0 Å². The molecule has 1 aliphatic heterocycles. The molecule has 1 unspecified atom stereocenters. The molecule has 23 heavy (non-hydrogen) atoms. The van der Waals surface area contributed by atoms with E-state index in [0.29, 0.717) is 31.0 Å². The van der Waals surface area contributed by atoms with Crippen LogP contribution in [0.2, 0.25) is 0 Å². The van der Waals surface area contributed by atoms with Crippen LogP contribution in [0.1, 0.15) is 6.42 Å². The lowest BCUT2D eigenvalue weighted by molar-refractivity contribution is -0.134. The van der Waals surface area contributed by atoms with Gasteiger partial charge in [0.1, 0.15) is 11.7 Å². The predicted molar refractivity (Wildman–Crippen MR) is 84.8 cm³/mol. The number of hydrogen-bond donors (Lipinski definition) is 2. The summed E-state index contributed by atoms with van der Waals surface area (Å²) in [5.41, 5.74) is 0.573. The topological polar surface area (TPSA) is 86.7 Å². The Morgan fingerprint density at radius 2 is 2.04 bits per heavy atom. The van der Waals surface area contributed by atoms with Gasteiger partial charge in [-0.1, -0.05) is 0 Å². The lowest BCUT2D eigenvalue weighted by atomic mass is 10.1. The standard InChI is InChI=1S/C15H17FN2O4S/c16-10-1-3-11(4-2-10)18-7-5-12(15(18)22)14(21)17-6-8-23-9-13(19)20/h1-4,12H,5-9H2,(H,17,21)(H,19,20). The number of hydrogen-bond acceptors (Lipinski definition) is 4. The number of carbonyl (C=O) groups is 3. The Labute approximate surface area is 137 Å². The number of nitrogens with zero attached hydrogens (tertiary/aromatic N) is 1. The minimum absolute atomic E-state index is 0.0173. The number of carboxylic acid groups (broad SMARTS) is 1. The van der Waals surface area contributed by atoms with Crippen molar-refractivity contribution in [3.63, 3.8) is 0 Å². The first-order chi connectivity index (χ1) is 11.0. The van der Waals surface area contributed by atoms with Crippen LogP contribution in [0, 0.1) is 11.7 Å². The lowest BCUT2D eigenvalue weighted by Gasteiger charge is -2.16. The molecule has 2 amide bonds. The summed E-state index contributed by atoms with van der Waals surface area (Å²) in [5.74, 6) is -2.22. The van der Waals surface area contributed by atoms with Gasteiger partial charge in [0.2, 0.25) is 11.8 Å². The van der Waals surface area contributed by atoms with Crippen LogP contribution in [0.3, 0.4) is 0 Å². The molecule has 0 aliphatic carbocycles. The summed E-state index contributed by atoms with van der Waals surface area (Å²) >= 11 is 1.20. The Morgan fingerprint density at radius 3 is 2.70 bits per heavy atom. The van der Waals surface area contributed by atoms with Gasteiger partial charge in [-0.05, 0) is 30.7 Å². The first-order valence-electron chi connectivity index (χ1n) is 7.13. The second kappa shape index (κ2) is 7.96. The van der Waals surface area contributed by atoms with E-state index in [-0.39, 0.29) is 23.4 Å². The van der Waals surface area contributed by atoms with Crippen LogP contribution in [0.15, 0.2) is 24.3 Å². The summed E-state index contributed by atoms with van der Waals surface area (Å²) in [6.07, 6.45) is 0.407. The van der Waals surface area contributed by atoms with Gasteiger partial charge in [0.05, 0.1) is 5.75 Å². The van der Waals surface area contributed by atoms with Crippen molar-refractivity contribution in [2.24, 2.45) is 5.92 Å². The first-order valence-corrected chi connectivity index (χ1v) is 8.28. The molecule has 1 aromatic rings. The van der Waals surface area contributed by atoms with E-state index in [1.165, 1.54) is 40.9 Å². The Balaban J connectivity index is 1.82. The highest BCUT2D eigenvalue weighted by Gasteiger charge is 2.37. The van der Waals surface area contributed by atoms with E-state index in [1.54, 1.807) is 0 Å². The summed E-state index contributed by atoms with van der Waals surface area (Å²) in [6, 6.07) is 5.57. The molecule has 1 heterocycles. The third kappa shape index (κ3) is 4.69. The number of anilines is 1. The number of aliphatic carboxylic acids is 1. The Kier molecular flexibility index (Phi) is 5.97. The summed E-state index contributed by atoms with van der Waals surface area (Å²) < 4.78 is 12.9. The van der Waals surface area contributed by atoms with Crippen LogP contribution in [0.4, 0.5) is 10.1 Å². The van der Waals surface area contributed by atoms with E-state index >= 15 is 0 Å². The molecule has 2 N–H and O–H groups in total. The van der Waals surface area contributed by atoms with Gasteiger partial charge in [-0.25, -0.2) is 4.39 Å². The van der Waals surface area contributed by atoms with E-state index < -0.39 is 11.9 Å². The van der Waals surface area contributed by atoms with Crippen LogP contribution in [-0.4, -0.2) is 47.5 Å². The number of amides is 2. The van der Waals surface area contributed by atoms with Gasteiger partial charge in [0.25, 0.3) is 0 Å². The molecule has 1 aliphatic rings. The van der Waals surface area contributed by atoms with Crippen molar-refractivity contribution < 1.29 is 23.9 Å². The predicted octanol–water partition coefficient (Wildman–Crippen LogP) is 1.11. The van der Waals surface area contributed by atoms with Crippen LogP contribution in [-0.2, 0) is 14.4 Å². The average Bonchev–Trinajstić information content (AvgIpc) is 2.89. The molecule has 1 atom stereocenters. The van der Waals surface area contributed by atoms with Crippen molar-refractivity contribution >= 4 is 35.2 Å². The van der Waals surface area contributed by atoms with Gasteiger partial charge in [-0.3, -0.25) is 14.4 Å². The van der Waals surface area contributed by atoms with E-state index in [9.17, 15) is 18.8 Å². The fourth-order valence-corrected chi connectivity index (χ4v) is 2.90. The molecule has 1 saturated heterocycles.